The Kier molecular flexibility index (Phi) is 3.35. The predicted octanol–water partition coefficient (Wildman–Crippen LogP) is 2.82. The molecule has 0 aliphatic rings. The van der Waals surface area contributed by atoms with Gasteiger partial charge in [0.15, 0.2) is 0 Å². The average Bonchev–Trinajstić information content (AvgIpc) is 2.33. The van der Waals surface area contributed by atoms with Crippen LogP contribution in [0.3, 0.4) is 0 Å². The zero-order valence-electron chi connectivity index (χ0n) is 9.38. The van der Waals surface area contributed by atoms with Crippen LogP contribution in [0.15, 0.2) is 42.7 Å². The standard InChI is InChI=1S/C13H12N2OS/c1-9-4-2-6-11(13(14)17)12(9)16-10-5-3-7-15-8-10/h2-8H,1H3,(H2,14,17). The van der Waals surface area contributed by atoms with Gasteiger partial charge in [0, 0.05) is 6.20 Å². The number of pyridine rings is 1. The van der Waals surface area contributed by atoms with Gasteiger partial charge in [-0.1, -0.05) is 24.4 Å². The van der Waals surface area contributed by atoms with Gasteiger partial charge >= 0.3 is 0 Å². The molecule has 4 heteroatoms. The lowest BCUT2D eigenvalue weighted by Gasteiger charge is -2.12. The van der Waals surface area contributed by atoms with Crippen molar-refractivity contribution in [2.45, 2.75) is 6.92 Å². The molecule has 0 spiro atoms. The fourth-order valence-corrected chi connectivity index (χ4v) is 1.67. The molecular weight excluding hydrogens is 232 g/mol. The van der Waals surface area contributed by atoms with E-state index in [4.69, 9.17) is 22.7 Å². The highest BCUT2D eigenvalue weighted by Crippen LogP contribution is 2.28. The van der Waals surface area contributed by atoms with Crippen LogP contribution < -0.4 is 10.5 Å². The number of thiocarbonyl (C=S) groups is 1. The Bertz CT molecular complexity index is 540. The molecule has 2 N–H and O–H groups in total. The second kappa shape index (κ2) is 4.93. The van der Waals surface area contributed by atoms with Crippen LogP contribution in [-0.4, -0.2) is 9.97 Å². The maximum absolute atomic E-state index is 5.77. The maximum Gasteiger partial charge on any atom is 0.145 e. The fourth-order valence-electron chi connectivity index (χ4n) is 1.51. The normalized spacial score (nSPS) is 9.94. The number of aromatic nitrogens is 1. The smallest absolute Gasteiger partial charge is 0.145 e. The lowest BCUT2D eigenvalue weighted by atomic mass is 10.1. The van der Waals surface area contributed by atoms with Crippen LogP contribution in [0.1, 0.15) is 11.1 Å². The number of hydrogen-bond donors (Lipinski definition) is 1. The molecular formula is C13H12N2OS. The summed E-state index contributed by atoms with van der Waals surface area (Å²) in [7, 11) is 0. The van der Waals surface area contributed by atoms with Crippen LogP contribution in [0, 0.1) is 6.92 Å². The average molecular weight is 244 g/mol. The minimum absolute atomic E-state index is 0.326. The topological polar surface area (TPSA) is 48.1 Å². The second-order valence-electron chi connectivity index (χ2n) is 3.61. The summed E-state index contributed by atoms with van der Waals surface area (Å²) >= 11 is 5.01. The quantitative estimate of drug-likeness (QED) is 0.843. The van der Waals surface area contributed by atoms with Gasteiger partial charge in [0.25, 0.3) is 0 Å². The third kappa shape index (κ3) is 2.60. The fraction of sp³-hybridized carbons (Fsp3) is 0.0769. The van der Waals surface area contributed by atoms with Crippen LogP contribution in [-0.2, 0) is 0 Å². The van der Waals surface area contributed by atoms with Crippen LogP contribution in [0.25, 0.3) is 0 Å². The molecule has 17 heavy (non-hydrogen) atoms. The van der Waals surface area contributed by atoms with E-state index < -0.39 is 0 Å². The summed E-state index contributed by atoms with van der Waals surface area (Å²) in [6.45, 7) is 1.95. The number of nitrogens with zero attached hydrogens (tertiary/aromatic N) is 1. The summed E-state index contributed by atoms with van der Waals surface area (Å²) in [4.78, 5) is 4.32. The molecule has 0 atom stereocenters. The van der Waals surface area contributed by atoms with E-state index in [1.165, 1.54) is 0 Å². The monoisotopic (exact) mass is 244 g/mol. The van der Waals surface area contributed by atoms with Crippen LogP contribution in [0.2, 0.25) is 0 Å². The molecule has 0 amide bonds. The van der Waals surface area contributed by atoms with Gasteiger partial charge in [0.2, 0.25) is 0 Å². The van der Waals surface area contributed by atoms with Gasteiger partial charge in [0.05, 0.1) is 11.8 Å². The van der Waals surface area contributed by atoms with Crippen LogP contribution in [0.4, 0.5) is 0 Å². The molecule has 1 aromatic carbocycles. The first-order chi connectivity index (χ1) is 8.18. The van der Waals surface area contributed by atoms with Crippen molar-refractivity contribution in [2.24, 2.45) is 5.73 Å². The van der Waals surface area contributed by atoms with E-state index >= 15 is 0 Å². The van der Waals surface area contributed by atoms with Gasteiger partial charge < -0.3 is 10.5 Å². The first-order valence-electron chi connectivity index (χ1n) is 5.16. The first kappa shape index (κ1) is 11.5. The van der Waals surface area contributed by atoms with Crippen molar-refractivity contribution in [3.63, 3.8) is 0 Å². The van der Waals surface area contributed by atoms with Crippen molar-refractivity contribution >= 4 is 17.2 Å². The Balaban J connectivity index is 2.41. The summed E-state index contributed by atoms with van der Waals surface area (Å²) < 4.78 is 5.77. The van der Waals surface area contributed by atoms with Crippen molar-refractivity contribution in [3.05, 3.63) is 53.9 Å². The molecule has 2 rings (SSSR count). The van der Waals surface area contributed by atoms with Crippen molar-refractivity contribution in [3.8, 4) is 11.5 Å². The van der Waals surface area contributed by atoms with E-state index in [-0.39, 0.29) is 0 Å². The van der Waals surface area contributed by atoms with E-state index in [0.29, 0.717) is 16.5 Å². The summed E-state index contributed by atoms with van der Waals surface area (Å²) in [5.41, 5.74) is 7.40. The minimum atomic E-state index is 0.326. The molecule has 0 aliphatic carbocycles. The summed E-state index contributed by atoms with van der Waals surface area (Å²) in [6.07, 6.45) is 3.34. The number of aryl methyl sites for hydroxylation is 1. The highest BCUT2D eigenvalue weighted by molar-refractivity contribution is 7.80. The Morgan fingerprint density at radius 2 is 2.12 bits per heavy atom. The third-order valence-electron chi connectivity index (χ3n) is 2.33. The predicted molar refractivity (Wildman–Crippen MR) is 71.4 cm³/mol. The van der Waals surface area contributed by atoms with E-state index in [9.17, 15) is 0 Å². The van der Waals surface area contributed by atoms with Crippen molar-refractivity contribution < 1.29 is 4.74 Å². The SMILES string of the molecule is Cc1cccc(C(N)=S)c1Oc1cccnc1. The van der Waals surface area contributed by atoms with Crippen molar-refractivity contribution in [1.82, 2.24) is 4.98 Å². The molecule has 0 unspecified atom stereocenters. The maximum atomic E-state index is 5.77. The molecule has 3 nitrogen and oxygen atoms in total. The van der Waals surface area contributed by atoms with E-state index in [1.807, 2.05) is 37.3 Å². The van der Waals surface area contributed by atoms with Gasteiger partial charge in [-0.25, -0.2) is 0 Å². The minimum Gasteiger partial charge on any atom is -0.455 e. The van der Waals surface area contributed by atoms with Gasteiger partial charge in [0.1, 0.15) is 16.5 Å². The largest absolute Gasteiger partial charge is 0.455 e. The molecule has 0 radical (unpaired) electrons. The molecule has 0 aliphatic heterocycles. The third-order valence-corrected chi connectivity index (χ3v) is 2.55. The van der Waals surface area contributed by atoms with E-state index in [0.717, 1.165) is 11.1 Å². The Morgan fingerprint density at radius 3 is 2.76 bits per heavy atom. The lowest BCUT2D eigenvalue weighted by molar-refractivity contribution is 0.475. The highest BCUT2D eigenvalue weighted by atomic mass is 32.1. The molecule has 0 saturated heterocycles. The number of ether oxygens (including phenoxy) is 1. The number of rotatable bonds is 3. The Morgan fingerprint density at radius 1 is 1.29 bits per heavy atom. The van der Waals surface area contributed by atoms with Crippen molar-refractivity contribution in [2.75, 3.05) is 0 Å². The molecule has 1 aromatic heterocycles. The van der Waals surface area contributed by atoms with Crippen molar-refractivity contribution in [1.29, 1.82) is 0 Å². The lowest BCUT2D eigenvalue weighted by Crippen LogP contribution is -2.11. The molecule has 0 bridgehead atoms. The van der Waals surface area contributed by atoms with Gasteiger partial charge in [-0.05, 0) is 30.7 Å². The number of benzene rings is 1. The molecule has 2 aromatic rings. The number of para-hydroxylation sites is 1. The molecule has 0 saturated carbocycles. The van der Waals surface area contributed by atoms with E-state index in [2.05, 4.69) is 4.98 Å². The first-order valence-corrected chi connectivity index (χ1v) is 5.56. The van der Waals surface area contributed by atoms with E-state index in [1.54, 1.807) is 12.4 Å². The Labute approximate surface area is 105 Å². The van der Waals surface area contributed by atoms with Crippen LogP contribution in [0.5, 0.6) is 11.5 Å². The number of hydrogen-bond acceptors (Lipinski definition) is 3. The Hall–Kier alpha value is -1.94. The zero-order valence-corrected chi connectivity index (χ0v) is 10.2. The number of nitrogens with two attached hydrogens (primary N) is 1. The van der Waals surface area contributed by atoms with Gasteiger partial charge in [-0.2, -0.15) is 0 Å². The highest BCUT2D eigenvalue weighted by Gasteiger charge is 2.10. The molecule has 1 heterocycles. The zero-order chi connectivity index (χ0) is 12.3. The summed E-state index contributed by atoms with van der Waals surface area (Å²) in [5.74, 6) is 1.35. The summed E-state index contributed by atoms with van der Waals surface area (Å²) in [6, 6.07) is 9.35. The van der Waals surface area contributed by atoms with Gasteiger partial charge in [-0.15, -0.1) is 0 Å². The van der Waals surface area contributed by atoms with Crippen LogP contribution >= 0.6 is 12.2 Å². The summed E-state index contributed by atoms with van der Waals surface area (Å²) in [5, 5.41) is 0. The molecule has 0 fully saturated rings. The molecule has 86 valence electrons. The second-order valence-corrected chi connectivity index (χ2v) is 4.05. The van der Waals surface area contributed by atoms with Gasteiger partial charge in [-0.3, -0.25) is 4.98 Å².